The van der Waals surface area contributed by atoms with Crippen LogP contribution in [-0.2, 0) is 9.59 Å². The number of rotatable bonds is 5. The molecule has 0 radical (unpaired) electrons. The molecule has 1 N–H and O–H groups in total. The Bertz CT molecular complexity index is 633. The van der Waals surface area contributed by atoms with Gasteiger partial charge in [0, 0.05) is 19.0 Å². The first-order valence-corrected chi connectivity index (χ1v) is 10.9. The Morgan fingerprint density at radius 2 is 1.54 bits per heavy atom. The fourth-order valence-corrected chi connectivity index (χ4v) is 4.41. The van der Waals surface area contributed by atoms with Crippen LogP contribution in [0.3, 0.4) is 0 Å². The van der Waals surface area contributed by atoms with Gasteiger partial charge in [0.2, 0.25) is 11.8 Å². The molecule has 2 unspecified atom stereocenters. The van der Waals surface area contributed by atoms with Crippen LogP contribution in [0.2, 0.25) is 0 Å². The Hall–Kier alpha value is -1.88. The normalized spacial score (nSPS) is 21.6. The molecule has 0 bridgehead atoms. The van der Waals surface area contributed by atoms with Crippen molar-refractivity contribution in [2.45, 2.75) is 64.5 Å². The van der Waals surface area contributed by atoms with Crippen molar-refractivity contribution in [1.82, 2.24) is 15.1 Å². The molecular weight excluding hydrogens is 350 g/mol. The maximum Gasteiger partial charge on any atom is 0.237 e. The molecule has 0 aliphatic carbocycles. The number of nitrogens with one attached hydrogen (secondary N) is 1. The lowest BCUT2D eigenvalue weighted by Gasteiger charge is -2.36. The molecule has 5 heteroatoms. The summed E-state index contributed by atoms with van der Waals surface area (Å²) in [6.45, 7) is 7.48. The lowest BCUT2D eigenvalue weighted by molar-refractivity contribution is -0.137. The monoisotopic (exact) mass is 385 g/mol. The van der Waals surface area contributed by atoms with Gasteiger partial charge in [0.15, 0.2) is 0 Å². The van der Waals surface area contributed by atoms with Gasteiger partial charge in [-0.3, -0.25) is 14.5 Å². The molecule has 2 aliphatic heterocycles. The average Bonchev–Trinajstić information content (AvgIpc) is 3.03. The van der Waals surface area contributed by atoms with E-state index in [0.717, 1.165) is 57.4 Å². The highest BCUT2D eigenvalue weighted by molar-refractivity contribution is 5.82. The van der Waals surface area contributed by atoms with E-state index < -0.39 is 0 Å². The smallest absolute Gasteiger partial charge is 0.237 e. The Balaban J connectivity index is 1.47. The maximum atomic E-state index is 12.8. The molecule has 0 spiro atoms. The van der Waals surface area contributed by atoms with Crippen LogP contribution in [-0.4, -0.2) is 53.8 Å². The molecule has 1 aromatic carbocycles. The van der Waals surface area contributed by atoms with Crippen LogP contribution in [0.1, 0.15) is 64.0 Å². The molecule has 2 atom stereocenters. The second-order valence-corrected chi connectivity index (χ2v) is 8.37. The second kappa shape index (κ2) is 10.1. The first-order valence-electron chi connectivity index (χ1n) is 10.9. The van der Waals surface area contributed by atoms with E-state index in [9.17, 15) is 9.59 Å². The summed E-state index contributed by atoms with van der Waals surface area (Å²) < 4.78 is 0. The zero-order valence-corrected chi connectivity index (χ0v) is 17.4. The first-order chi connectivity index (χ1) is 13.6. The van der Waals surface area contributed by atoms with E-state index in [2.05, 4.69) is 15.1 Å². The largest absolute Gasteiger partial charge is 0.348 e. The molecule has 2 heterocycles. The lowest BCUT2D eigenvalue weighted by Crippen LogP contribution is -2.50. The molecule has 1 aromatic rings. The van der Waals surface area contributed by atoms with E-state index >= 15 is 0 Å². The quantitative estimate of drug-likeness (QED) is 0.845. The Labute approximate surface area is 169 Å². The van der Waals surface area contributed by atoms with Gasteiger partial charge in [-0.1, -0.05) is 43.2 Å². The molecule has 2 aliphatic rings. The number of likely N-dealkylation sites (tertiary alicyclic amines) is 2. The highest BCUT2D eigenvalue weighted by Crippen LogP contribution is 2.23. The molecule has 154 valence electrons. The third-order valence-corrected chi connectivity index (χ3v) is 6.38. The molecular formula is C23H35N3O2. The maximum absolute atomic E-state index is 12.8. The summed E-state index contributed by atoms with van der Waals surface area (Å²) in [6, 6.07) is 9.88. The minimum absolute atomic E-state index is 0.00157. The zero-order valence-electron chi connectivity index (χ0n) is 17.4. The van der Waals surface area contributed by atoms with Crippen molar-refractivity contribution in [2.75, 3.05) is 26.2 Å². The lowest BCUT2D eigenvalue weighted by atomic mass is 9.94. The number of nitrogens with zero attached hydrogens (tertiary/aromatic N) is 2. The molecule has 2 amide bonds. The predicted molar refractivity (Wildman–Crippen MR) is 112 cm³/mol. The predicted octanol–water partition coefficient (Wildman–Crippen LogP) is 3.37. The van der Waals surface area contributed by atoms with Crippen molar-refractivity contribution in [1.29, 1.82) is 0 Å². The van der Waals surface area contributed by atoms with Gasteiger partial charge >= 0.3 is 0 Å². The summed E-state index contributed by atoms with van der Waals surface area (Å²) in [5, 5.41) is 3.13. The zero-order chi connectivity index (χ0) is 19.9. The van der Waals surface area contributed by atoms with Gasteiger partial charge in [-0.2, -0.15) is 0 Å². The molecule has 5 nitrogen and oxygen atoms in total. The molecule has 3 rings (SSSR count). The third-order valence-electron chi connectivity index (χ3n) is 6.38. The molecule has 28 heavy (non-hydrogen) atoms. The van der Waals surface area contributed by atoms with Crippen LogP contribution in [0.4, 0.5) is 0 Å². The Morgan fingerprint density at radius 3 is 2.14 bits per heavy atom. The molecule has 2 saturated heterocycles. The summed E-state index contributed by atoms with van der Waals surface area (Å²) in [7, 11) is 0. The second-order valence-electron chi connectivity index (χ2n) is 8.37. The van der Waals surface area contributed by atoms with E-state index in [1.54, 1.807) is 0 Å². The number of carbonyl (C=O) groups is 2. The van der Waals surface area contributed by atoms with E-state index in [1.165, 1.54) is 12.8 Å². The van der Waals surface area contributed by atoms with Crippen molar-refractivity contribution >= 4 is 11.8 Å². The number of amides is 2. The number of carbonyl (C=O) groups excluding carboxylic acids is 2. The van der Waals surface area contributed by atoms with E-state index in [-0.39, 0.29) is 23.9 Å². The van der Waals surface area contributed by atoms with Crippen LogP contribution in [0.25, 0.3) is 0 Å². The van der Waals surface area contributed by atoms with Crippen molar-refractivity contribution in [3.8, 4) is 0 Å². The van der Waals surface area contributed by atoms with Crippen molar-refractivity contribution in [2.24, 2.45) is 5.92 Å². The van der Waals surface area contributed by atoms with E-state index in [4.69, 9.17) is 0 Å². The number of benzene rings is 1. The average molecular weight is 386 g/mol. The van der Waals surface area contributed by atoms with Crippen molar-refractivity contribution in [3.05, 3.63) is 35.9 Å². The third kappa shape index (κ3) is 5.34. The summed E-state index contributed by atoms with van der Waals surface area (Å²) in [5.74, 6) is 0.540. The Kier molecular flexibility index (Phi) is 7.49. The van der Waals surface area contributed by atoms with Crippen LogP contribution < -0.4 is 5.32 Å². The van der Waals surface area contributed by atoms with Crippen LogP contribution >= 0.6 is 0 Å². The first kappa shape index (κ1) is 20.8. The van der Waals surface area contributed by atoms with Crippen molar-refractivity contribution in [3.63, 3.8) is 0 Å². The number of hydrogen-bond acceptors (Lipinski definition) is 3. The molecule has 0 saturated carbocycles. The van der Waals surface area contributed by atoms with Gasteiger partial charge < -0.3 is 10.2 Å². The van der Waals surface area contributed by atoms with Gasteiger partial charge in [-0.05, 0) is 58.2 Å². The van der Waals surface area contributed by atoms with Crippen LogP contribution in [0.5, 0.6) is 0 Å². The van der Waals surface area contributed by atoms with Crippen LogP contribution in [0.15, 0.2) is 30.3 Å². The Morgan fingerprint density at radius 1 is 0.929 bits per heavy atom. The highest BCUT2D eigenvalue weighted by Gasteiger charge is 2.32. The number of hydrogen-bond donors (Lipinski definition) is 1. The fraction of sp³-hybridized carbons (Fsp3) is 0.652. The van der Waals surface area contributed by atoms with Gasteiger partial charge in [-0.15, -0.1) is 0 Å². The standard InChI is InChI=1S/C23H35N3O2/c1-18(20-10-6-5-7-11-20)24-22(27)19(2)25-16-12-21(13-17-25)23(28)26-14-8-3-4-9-15-26/h5-7,10-11,18-19,21H,3-4,8-9,12-17H2,1-2H3,(H,24,27). The van der Waals surface area contributed by atoms with E-state index in [1.807, 2.05) is 44.2 Å². The van der Waals surface area contributed by atoms with Crippen LogP contribution in [0, 0.1) is 5.92 Å². The van der Waals surface area contributed by atoms with Gasteiger partial charge in [-0.25, -0.2) is 0 Å². The molecule has 2 fully saturated rings. The summed E-state index contributed by atoms with van der Waals surface area (Å²) >= 11 is 0. The molecule has 0 aromatic heterocycles. The van der Waals surface area contributed by atoms with Gasteiger partial charge in [0.25, 0.3) is 0 Å². The van der Waals surface area contributed by atoms with Gasteiger partial charge in [0.05, 0.1) is 12.1 Å². The van der Waals surface area contributed by atoms with Gasteiger partial charge in [0.1, 0.15) is 0 Å². The summed E-state index contributed by atoms with van der Waals surface area (Å²) in [5.41, 5.74) is 1.12. The number of piperidine rings is 1. The highest BCUT2D eigenvalue weighted by atomic mass is 16.2. The summed E-state index contributed by atoms with van der Waals surface area (Å²) in [6.07, 6.45) is 6.50. The van der Waals surface area contributed by atoms with Crippen molar-refractivity contribution < 1.29 is 9.59 Å². The minimum atomic E-state index is -0.166. The SMILES string of the molecule is CC(NC(=O)C(C)N1CCC(C(=O)N2CCCCCC2)CC1)c1ccccc1. The fourth-order valence-electron chi connectivity index (χ4n) is 4.41. The minimum Gasteiger partial charge on any atom is -0.348 e. The summed E-state index contributed by atoms with van der Waals surface area (Å²) in [4.78, 5) is 29.9. The van der Waals surface area contributed by atoms with E-state index in [0.29, 0.717) is 5.91 Å². The topological polar surface area (TPSA) is 52.7 Å².